The van der Waals surface area contributed by atoms with Crippen LogP contribution in [-0.2, 0) is 5.41 Å². The lowest BCUT2D eigenvalue weighted by Crippen LogP contribution is -2.16. The Labute approximate surface area is 371 Å². The maximum atomic E-state index is 10.2. The van der Waals surface area contributed by atoms with Gasteiger partial charge in [0.05, 0.1) is 27.6 Å². The summed E-state index contributed by atoms with van der Waals surface area (Å²) >= 11 is 0. The normalized spacial score (nSPS) is 18.6. The molecular weight excluding hydrogens is 699 g/mol. The van der Waals surface area contributed by atoms with Gasteiger partial charge in [-0.25, -0.2) is 0 Å². The highest BCUT2D eigenvalue weighted by Crippen LogP contribution is 2.51. The smallest absolute Gasteiger partial charge is 0.0652 e. The van der Waals surface area contributed by atoms with E-state index in [0.29, 0.717) is 11.1 Å². The quantitative estimate of drug-likeness (QED) is 0.153. The van der Waals surface area contributed by atoms with Gasteiger partial charge >= 0.3 is 0 Å². The molecule has 0 fully saturated rings. The summed E-state index contributed by atoms with van der Waals surface area (Å²) in [5.74, 6) is 0. The summed E-state index contributed by atoms with van der Waals surface area (Å²) < 4.78 is 201. The number of fused-ring (bicyclic) bond motifs is 7. The van der Waals surface area contributed by atoms with Gasteiger partial charge in [0, 0.05) is 30.4 Å². The summed E-state index contributed by atoms with van der Waals surface area (Å²) in [5, 5.41) is -0.307. The second-order valence-electron chi connectivity index (χ2n) is 14.0. The first kappa shape index (κ1) is 18.4. The first-order chi connectivity index (χ1) is 37.7. The second-order valence-corrected chi connectivity index (χ2v) is 14.0. The van der Waals surface area contributed by atoms with E-state index in [4.69, 9.17) is 20.6 Å². The molecule has 0 aromatic heterocycles. The zero-order valence-corrected chi connectivity index (χ0v) is 30.4. The van der Waals surface area contributed by atoms with Crippen LogP contribution in [0.4, 0.5) is 17.1 Å². The number of benzene rings is 10. The predicted molar refractivity (Wildman–Crippen MR) is 248 cm³/mol. The molecule has 0 unspecified atom stereocenters. The average Bonchev–Trinajstić information content (AvgIpc) is 3.96. The van der Waals surface area contributed by atoms with E-state index in [9.17, 15) is 9.60 Å². The summed E-state index contributed by atoms with van der Waals surface area (Å²) in [6.45, 7) is -7.60. The van der Waals surface area contributed by atoms with Gasteiger partial charge in [0.2, 0.25) is 0 Å². The Hall–Kier alpha value is -7.22. The molecule has 0 amide bonds. The molecule has 0 spiro atoms. The second kappa shape index (κ2) is 13.5. The fourth-order valence-corrected chi connectivity index (χ4v) is 7.95. The Bertz CT molecular complexity index is 4310. The van der Waals surface area contributed by atoms with Crippen LogP contribution in [0, 0.1) is 0 Å². The summed E-state index contributed by atoms with van der Waals surface area (Å²) in [6, 6.07) is 21.2. The molecule has 1 aliphatic carbocycles. The third kappa shape index (κ3) is 5.46. The monoisotopic (exact) mass is 761 g/mol. The van der Waals surface area contributed by atoms with Crippen molar-refractivity contribution in [3.05, 3.63) is 223 Å². The van der Waals surface area contributed by atoms with Gasteiger partial charge in [-0.3, -0.25) is 0 Å². The zero-order valence-electron chi connectivity index (χ0n) is 52.4. The SMILES string of the molecule is [2H]c1c([2H])c([2H])c2c(c1[2H])-c1c([2H])c([2H])c(N(c3ccc(-c4ccc5ccccc5c4-c4ccc(-c5ccccc5)cc4)cc3)c3c([2H])c4c([2H])c([2H])c([2H])c([2H])c4c4c([2H])c([2H])c([2H])c([2H])c34)c([2H])c1C2(C([2H])([2H])[2H])C([2H])([2H])[2H]. The van der Waals surface area contributed by atoms with Crippen LogP contribution >= 0.6 is 0 Å². The molecule has 10 aromatic carbocycles. The summed E-state index contributed by atoms with van der Waals surface area (Å²) in [7, 11) is 0. The molecule has 0 atom stereocenters. The van der Waals surface area contributed by atoms with Crippen LogP contribution in [0.25, 0.3) is 76.8 Å². The first-order valence-electron chi connectivity index (χ1n) is 29.5. The Morgan fingerprint density at radius 2 is 1.07 bits per heavy atom. The van der Waals surface area contributed by atoms with Crippen LogP contribution in [-0.4, -0.2) is 0 Å². The van der Waals surface area contributed by atoms with Crippen molar-refractivity contribution in [1.29, 1.82) is 0 Å². The highest BCUT2D eigenvalue weighted by atomic mass is 15.1. The number of hydrogen-bond donors (Lipinski definition) is 0. The predicted octanol–water partition coefficient (Wildman–Crippen LogP) is 15.9. The van der Waals surface area contributed by atoms with E-state index in [2.05, 4.69) is 0 Å². The van der Waals surface area contributed by atoms with Gasteiger partial charge in [-0.2, -0.15) is 0 Å². The zero-order chi connectivity index (χ0) is 57.7. The summed E-state index contributed by atoms with van der Waals surface area (Å²) in [4.78, 5) is 0.949. The van der Waals surface area contributed by atoms with Gasteiger partial charge in [0.1, 0.15) is 0 Å². The maximum absolute atomic E-state index is 10.2. The number of nitrogens with zero attached hydrogens (tertiary/aromatic N) is 1. The topological polar surface area (TPSA) is 3.24 Å². The van der Waals surface area contributed by atoms with Crippen LogP contribution in [0.1, 0.15) is 55.0 Å². The number of anilines is 3. The number of hydrogen-bond acceptors (Lipinski definition) is 1. The lowest BCUT2D eigenvalue weighted by Gasteiger charge is -2.29. The van der Waals surface area contributed by atoms with Crippen molar-refractivity contribution >= 4 is 49.4 Å². The lowest BCUT2D eigenvalue weighted by atomic mass is 9.82. The summed E-state index contributed by atoms with van der Waals surface area (Å²) in [5.41, 5.74) is -3.63. The van der Waals surface area contributed by atoms with E-state index in [1.807, 2.05) is 91.0 Å². The minimum Gasteiger partial charge on any atom is -0.310 e. The van der Waals surface area contributed by atoms with Gasteiger partial charge < -0.3 is 4.90 Å². The van der Waals surface area contributed by atoms with E-state index >= 15 is 0 Å². The van der Waals surface area contributed by atoms with Gasteiger partial charge in [-0.15, -0.1) is 0 Å². The fourth-order valence-electron chi connectivity index (χ4n) is 7.95. The van der Waals surface area contributed by atoms with Crippen molar-refractivity contribution in [2.75, 3.05) is 4.90 Å². The Kier molecular flexibility index (Phi) is 4.26. The van der Waals surface area contributed by atoms with Gasteiger partial charge in [0.15, 0.2) is 0 Å². The fraction of sp³-hybridized carbons (Fsp3) is 0.0526. The van der Waals surface area contributed by atoms with Gasteiger partial charge in [0.25, 0.3) is 0 Å². The van der Waals surface area contributed by atoms with Crippen molar-refractivity contribution in [3.63, 3.8) is 0 Å². The van der Waals surface area contributed by atoms with Crippen molar-refractivity contribution < 1.29 is 30.2 Å². The van der Waals surface area contributed by atoms with E-state index in [1.165, 1.54) is 12.1 Å². The van der Waals surface area contributed by atoms with Crippen molar-refractivity contribution in [2.24, 2.45) is 0 Å². The summed E-state index contributed by atoms with van der Waals surface area (Å²) in [6.07, 6.45) is 0. The lowest BCUT2D eigenvalue weighted by molar-refractivity contribution is 0.660. The highest BCUT2D eigenvalue weighted by molar-refractivity contribution is 6.14. The van der Waals surface area contributed by atoms with Crippen LogP contribution < -0.4 is 4.90 Å². The highest BCUT2D eigenvalue weighted by Gasteiger charge is 2.36. The largest absolute Gasteiger partial charge is 0.310 e. The molecule has 58 heavy (non-hydrogen) atoms. The number of rotatable bonds is 6. The van der Waals surface area contributed by atoms with Crippen molar-refractivity contribution in [3.8, 4) is 44.5 Å². The van der Waals surface area contributed by atoms with E-state index in [-0.39, 0.29) is 5.69 Å². The van der Waals surface area contributed by atoms with E-state index < -0.39 is 171 Å². The molecule has 1 nitrogen and oxygen atoms in total. The van der Waals surface area contributed by atoms with Crippen LogP contribution in [0.5, 0.6) is 0 Å². The standard InChI is InChI=1S/C57H41N/c1-57(2)53-23-13-12-21-50(53)51-35-33-45(37-54(51)57)58(55-36-43-17-7-8-18-46(43)49-20-10-11-22-52(49)55)44-31-28-41(29-32-44)48-34-30-40-16-6-9-19-47(40)56(48)42-26-24-39(25-27-42)38-14-4-3-5-15-38/h3-37H,1-2H3/i1D3,2D3,7D,8D,10D,11D,12D,13D,17D,18D,20D,21D,22D,23D,33D,35D,36D,37D. The molecule has 0 N–H and O–H groups in total. The minimum atomic E-state index is -3.80. The van der Waals surface area contributed by atoms with Crippen LogP contribution in [0.2, 0.25) is 0 Å². The molecule has 0 aliphatic heterocycles. The van der Waals surface area contributed by atoms with Crippen LogP contribution in [0.3, 0.4) is 0 Å². The first-order valence-corrected chi connectivity index (χ1v) is 18.5. The minimum absolute atomic E-state index is 0.139. The third-order valence-corrected chi connectivity index (χ3v) is 10.7. The molecule has 274 valence electrons. The molecule has 0 saturated carbocycles. The molecule has 0 radical (unpaired) electrons. The van der Waals surface area contributed by atoms with Crippen LogP contribution in [0.15, 0.2) is 212 Å². The average molecular weight is 762 g/mol. The van der Waals surface area contributed by atoms with Crippen molar-refractivity contribution in [1.82, 2.24) is 0 Å². The molecular formula is C57H41N. The van der Waals surface area contributed by atoms with E-state index in [1.54, 1.807) is 12.1 Å². The molecule has 0 heterocycles. The molecule has 1 aliphatic rings. The third-order valence-electron chi connectivity index (χ3n) is 10.7. The maximum Gasteiger partial charge on any atom is 0.0652 e. The molecule has 0 saturated heterocycles. The molecule has 11 rings (SSSR count). The molecule has 10 aromatic rings. The molecule has 0 bridgehead atoms. The molecule has 1 heteroatoms. The Morgan fingerprint density at radius 1 is 0.414 bits per heavy atom. The van der Waals surface area contributed by atoms with Gasteiger partial charge in [-0.05, 0) is 113 Å². The van der Waals surface area contributed by atoms with E-state index in [0.717, 1.165) is 37.9 Å². The Morgan fingerprint density at radius 3 is 1.90 bits per heavy atom. The van der Waals surface area contributed by atoms with Gasteiger partial charge in [-0.1, -0.05) is 195 Å². The van der Waals surface area contributed by atoms with Crippen molar-refractivity contribution in [2.45, 2.75) is 19.1 Å². The Balaban J connectivity index is 1.28.